The highest BCUT2D eigenvalue weighted by Crippen LogP contribution is 2.71. The molecule has 6 aromatic carbocycles. The number of phenolic OH excluding ortho intramolecular Hbond substituents is 1. The summed E-state index contributed by atoms with van der Waals surface area (Å²) in [5, 5.41) is 12.1. The standard InChI is InChI=1S/C48H49O6P/c1-45(2,3)41-31-37(50-7)29-39(43(41)49)40-30-38(51-8)32-42(46(4,5)6)44(40)52-55-53-47(33-21-13-9-14-22-33,34-23-15-10-16-24-34)48(54-55,35-25-17-11-18-26-35)36-27-19-12-20-28-36/h9-32,49H,1-8H3. The van der Waals surface area contributed by atoms with Gasteiger partial charge < -0.3 is 19.1 Å². The molecule has 1 fully saturated rings. The van der Waals surface area contributed by atoms with Crippen LogP contribution in [-0.2, 0) is 31.1 Å². The molecule has 7 heteroatoms. The number of rotatable bonds is 9. The van der Waals surface area contributed by atoms with E-state index in [0.29, 0.717) is 28.4 Å². The van der Waals surface area contributed by atoms with E-state index in [1.807, 2.05) is 97.1 Å². The number of hydrogen-bond acceptors (Lipinski definition) is 6. The van der Waals surface area contributed by atoms with E-state index in [0.717, 1.165) is 33.4 Å². The third-order valence-electron chi connectivity index (χ3n) is 10.3. The Kier molecular flexibility index (Phi) is 10.3. The SMILES string of the molecule is COc1cc(-c2cc(OC)cc(C(C)(C)C)c2OP2OC(c3ccccc3)(c3ccccc3)C(c3ccccc3)(c3ccccc3)O2)c(O)c(C(C)(C)C)c1. The number of methoxy groups -OCH3 is 2. The van der Waals surface area contributed by atoms with Gasteiger partial charge in [0, 0.05) is 22.3 Å². The molecular weight excluding hydrogens is 703 g/mol. The Bertz CT molecular complexity index is 2070. The largest absolute Gasteiger partial charge is 0.507 e. The maximum absolute atomic E-state index is 12.1. The minimum atomic E-state index is -2.18. The first-order chi connectivity index (χ1) is 26.3. The molecule has 55 heavy (non-hydrogen) atoms. The lowest BCUT2D eigenvalue weighted by Crippen LogP contribution is -2.48. The van der Waals surface area contributed by atoms with Crippen LogP contribution in [0.2, 0.25) is 0 Å². The summed E-state index contributed by atoms with van der Waals surface area (Å²) < 4.78 is 34.0. The van der Waals surface area contributed by atoms with Crippen LogP contribution in [0.5, 0.6) is 23.0 Å². The Hall–Kier alpha value is -5.13. The number of hydrogen-bond donors (Lipinski definition) is 1. The maximum atomic E-state index is 12.1. The van der Waals surface area contributed by atoms with Crippen LogP contribution < -0.4 is 14.0 Å². The van der Waals surface area contributed by atoms with E-state index in [9.17, 15) is 5.11 Å². The van der Waals surface area contributed by atoms with Crippen LogP contribution in [0.15, 0.2) is 146 Å². The van der Waals surface area contributed by atoms with E-state index in [1.54, 1.807) is 14.2 Å². The molecule has 0 aromatic heterocycles. The average molecular weight is 753 g/mol. The van der Waals surface area contributed by atoms with Crippen LogP contribution >= 0.6 is 8.60 Å². The van der Waals surface area contributed by atoms with Gasteiger partial charge in [-0.25, -0.2) is 0 Å². The fourth-order valence-electron chi connectivity index (χ4n) is 7.61. The van der Waals surface area contributed by atoms with Gasteiger partial charge in [0.05, 0.1) is 14.2 Å². The number of aromatic hydroxyl groups is 1. The van der Waals surface area contributed by atoms with Crippen LogP contribution in [0, 0.1) is 0 Å². The molecular formula is C48H49O6P. The lowest BCUT2D eigenvalue weighted by Gasteiger charge is -2.43. The van der Waals surface area contributed by atoms with Crippen molar-refractivity contribution < 1.29 is 28.2 Å². The highest BCUT2D eigenvalue weighted by Gasteiger charge is 2.67. The lowest BCUT2D eigenvalue weighted by atomic mass is 9.66. The predicted molar refractivity (Wildman–Crippen MR) is 221 cm³/mol. The van der Waals surface area contributed by atoms with Gasteiger partial charge >= 0.3 is 8.60 Å². The number of ether oxygens (including phenoxy) is 2. The molecule has 1 heterocycles. The zero-order valence-electron chi connectivity index (χ0n) is 32.8. The van der Waals surface area contributed by atoms with Gasteiger partial charge in [-0.2, -0.15) is 0 Å². The van der Waals surface area contributed by atoms with E-state index in [1.165, 1.54) is 0 Å². The average Bonchev–Trinajstić information content (AvgIpc) is 3.55. The molecule has 282 valence electrons. The van der Waals surface area contributed by atoms with Crippen molar-refractivity contribution in [3.63, 3.8) is 0 Å². The highest BCUT2D eigenvalue weighted by molar-refractivity contribution is 7.42. The van der Waals surface area contributed by atoms with E-state index in [-0.39, 0.29) is 5.75 Å². The second-order valence-electron chi connectivity index (χ2n) is 15.9. The molecule has 1 aliphatic heterocycles. The van der Waals surface area contributed by atoms with Crippen LogP contribution in [-0.4, -0.2) is 19.3 Å². The molecule has 0 amide bonds. The second kappa shape index (κ2) is 14.8. The Morgan fingerprint density at radius 2 is 0.836 bits per heavy atom. The number of phenols is 1. The molecule has 0 unspecified atom stereocenters. The van der Waals surface area contributed by atoms with Gasteiger partial charge in [-0.15, -0.1) is 0 Å². The van der Waals surface area contributed by atoms with Crippen molar-refractivity contribution in [1.82, 2.24) is 0 Å². The van der Waals surface area contributed by atoms with E-state index >= 15 is 0 Å². The van der Waals surface area contributed by atoms with Crippen molar-refractivity contribution in [2.75, 3.05) is 14.2 Å². The summed E-state index contributed by atoms with van der Waals surface area (Å²) in [6, 6.07) is 48.7. The zero-order chi connectivity index (χ0) is 39.0. The molecule has 0 atom stereocenters. The molecule has 7 rings (SSSR count). The lowest BCUT2D eigenvalue weighted by molar-refractivity contribution is 0.00370. The summed E-state index contributed by atoms with van der Waals surface area (Å²) in [4.78, 5) is 0. The fraction of sp³-hybridized carbons (Fsp3) is 0.250. The van der Waals surface area contributed by atoms with Gasteiger partial charge in [-0.1, -0.05) is 163 Å². The Balaban J connectivity index is 1.54. The van der Waals surface area contributed by atoms with Crippen molar-refractivity contribution >= 4 is 8.60 Å². The maximum Gasteiger partial charge on any atom is 0.400 e. The summed E-state index contributed by atoms with van der Waals surface area (Å²) in [5.41, 5.74) is 3.18. The molecule has 1 aliphatic rings. The van der Waals surface area contributed by atoms with Crippen molar-refractivity contribution in [2.45, 2.75) is 63.6 Å². The summed E-state index contributed by atoms with van der Waals surface area (Å²) >= 11 is 0. The molecule has 6 aromatic rings. The van der Waals surface area contributed by atoms with Crippen molar-refractivity contribution in [3.8, 4) is 34.1 Å². The second-order valence-corrected chi connectivity index (χ2v) is 16.9. The van der Waals surface area contributed by atoms with Crippen molar-refractivity contribution in [2.24, 2.45) is 0 Å². The predicted octanol–water partition coefficient (Wildman–Crippen LogP) is 12.2. The smallest absolute Gasteiger partial charge is 0.400 e. The first-order valence-electron chi connectivity index (χ1n) is 18.6. The van der Waals surface area contributed by atoms with Gasteiger partial charge in [0.25, 0.3) is 0 Å². The minimum Gasteiger partial charge on any atom is -0.507 e. The van der Waals surface area contributed by atoms with Gasteiger partial charge in [0.1, 0.15) is 23.0 Å². The first-order valence-corrected chi connectivity index (χ1v) is 19.7. The fourth-order valence-corrected chi connectivity index (χ4v) is 9.19. The first kappa shape index (κ1) is 38.2. The summed E-state index contributed by atoms with van der Waals surface area (Å²) in [7, 11) is 1.10. The van der Waals surface area contributed by atoms with Gasteiger partial charge in [0.15, 0.2) is 11.2 Å². The summed E-state index contributed by atoms with van der Waals surface area (Å²) in [6.45, 7) is 12.6. The molecule has 0 saturated carbocycles. The summed E-state index contributed by atoms with van der Waals surface area (Å²) in [5.74, 6) is 1.90. The van der Waals surface area contributed by atoms with Crippen LogP contribution in [0.1, 0.15) is 74.9 Å². The zero-order valence-corrected chi connectivity index (χ0v) is 33.7. The quantitative estimate of drug-likeness (QED) is 0.148. The molecule has 0 aliphatic carbocycles. The van der Waals surface area contributed by atoms with E-state index < -0.39 is 30.6 Å². The van der Waals surface area contributed by atoms with Crippen LogP contribution in [0.3, 0.4) is 0 Å². The van der Waals surface area contributed by atoms with Crippen LogP contribution in [0.25, 0.3) is 11.1 Å². The summed E-state index contributed by atoms with van der Waals surface area (Å²) in [6.07, 6.45) is 0. The molecule has 6 nitrogen and oxygen atoms in total. The molecule has 0 spiro atoms. The van der Waals surface area contributed by atoms with E-state index in [4.69, 9.17) is 23.0 Å². The minimum absolute atomic E-state index is 0.137. The third kappa shape index (κ3) is 6.78. The Labute approximate surface area is 326 Å². The molecule has 0 bridgehead atoms. The van der Waals surface area contributed by atoms with Crippen LogP contribution in [0.4, 0.5) is 0 Å². The third-order valence-corrected chi connectivity index (χ3v) is 11.5. The molecule has 1 saturated heterocycles. The number of benzene rings is 6. The van der Waals surface area contributed by atoms with Gasteiger partial charge in [-0.05, 0) is 57.3 Å². The van der Waals surface area contributed by atoms with Crippen molar-refractivity contribution in [3.05, 3.63) is 179 Å². The topological polar surface area (TPSA) is 66.4 Å². The van der Waals surface area contributed by atoms with Gasteiger partial charge in [-0.3, -0.25) is 9.05 Å². The highest BCUT2D eigenvalue weighted by atomic mass is 31.2. The molecule has 0 radical (unpaired) electrons. The van der Waals surface area contributed by atoms with Gasteiger partial charge in [0.2, 0.25) is 0 Å². The van der Waals surface area contributed by atoms with E-state index in [2.05, 4.69) is 90.1 Å². The molecule has 1 N–H and O–H groups in total. The monoisotopic (exact) mass is 752 g/mol. The Morgan fingerprint density at radius 1 is 0.491 bits per heavy atom. The van der Waals surface area contributed by atoms with Crippen molar-refractivity contribution in [1.29, 1.82) is 0 Å². The Morgan fingerprint density at radius 3 is 1.18 bits per heavy atom. The normalized spacial score (nSPS) is 15.4.